The van der Waals surface area contributed by atoms with Crippen LogP contribution >= 0.6 is 22.9 Å². The van der Waals surface area contributed by atoms with E-state index in [1.807, 2.05) is 31.2 Å². The standard InChI is InChI=1S/C19H13ClF3N3O3S/c1-10-2-4-11(5-3-10)17-25-14(9-30-17)18(28)29-8-15(27)26-16-13(20)6-12(7-24-16)19(21,22)23/h2-7,9H,8H2,1H3,(H,24,26,27). The molecule has 0 atom stereocenters. The molecule has 0 bridgehead atoms. The fourth-order valence-electron chi connectivity index (χ4n) is 2.25. The van der Waals surface area contributed by atoms with Crippen molar-refractivity contribution < 1.29 is 27.5 Å². The van der Waals surface area contributed by atoms with Gasteiger partial charge < -0.3 is 10.1 Å². The third-order valence-electron chi connectivity index (χ3n) is 3.77. The number of carbonyl (C=O) groups excluding carboxylic acids is 2. The summed E-state index contributed by atoms with van der Waals surface area (Å²) < 4.78 is 42.7. The van der Waals surface area contributed by atoms with Crippen LogP contribution in [0.2, 0.25) is 5.02 Å². The smallest absolute Gasteiger partial charge is 0.417 e. The summed E-state index contributed by atoms with van der Waals surface area (Å²) in [5.74, 6) is -1.90. The molecule has 0 aliphatic heterocycles. The van der Waals surface area contributed by atoms with Crippen molar-refractivity contribution in [3.8, 4) is 10.6 Å². The highest BCUT2D eigenvalue weighted by molar-refractivity contribution is 7.13. The second-order valence-electron chi connectivity index (χ2n) is 6.08. The number of rotatable bonds is 5. The lowest BCUT2D eigenvalue weighted by Crippen LogP contribution is -2.22. The molecule has 11 heteroatoms. The fraction of sp³-hybridized carbons (Fsp3) is 0.158. The normalized spacial score (nSPS) is 11.2. The van der Waals surface area contributed by atoms with Crippen LogP contribution in [0.5, 0.6) is 0 Å². The highest BCUT2D eigenvalue weighted by atomic mass is 35.5. The number of benzene rings is 1. The Morgan fingerprint density at radius 3 is 2.57 bits per heavy atom. The van der Waals surface area contributed by atoms with Crippen molar-refractivity contribution in [3.63, 3.8) is 0 Å². The van der Waals surface area contributed by atoms with Crippen LogP contribution in [0.25, 0.3) is 10.6 Å². The molecule has 1 N–H and O–H groups in total. The summed E-state index contributed by atoms with van der Waals surface area (Å²) >= 11 is 6.96. The Balaban J connectivity index is 1.57. The molecule has 1 amide bonds. The van der Waals surface area contributed by atoms with Gasteiger partial charge >= 0.3 is 12.1 Å². The maximum absolute atomic E-state index is 12.6. The molecule has 0 unspecified atom stereocenters. The number of halogens is 4. The Labute approximate surface area is 177 Å². The molecule has 3 rings (SSSR count). The summed E-state index contributed by atoms with van der Waals surface area (Å²) in [5.41, 5.74) is 0.910. The molecule has 6 nitrogen and oxygen atoms in total. The molecule has 0 radical (unpaired) electrons. The van der Waals surface area contributed by atoms with Gasteiger partial charge in [0.1, 0.15) is 5.01 Å². The van der Waals surface area contributed by atoms with Gasteiger partial charge in [-0.15, -0.1) is 11.3 Å². The summed E-state index contributed by atoms with van der Waals surface area (Å²) in [6, 6.07) is 8.21. The summed E-state index contributed by atoms with van der Waals surface area (Å²) in [6.45, 7) is 1.27. The Morgan fingerprint density at radius 1 is 1.23 bits per heavy atom. The number of aryl methyl sites for hydroxylation is 1. The van der Waals surface area contributed by atoms with Gasteiger partial charge in [-0.1, -0.05) is 41.4 Å². The van der Waals surface area contributed by atoms with Gasteiger partial charge in [0.2, 0.25) is 0 Å². The van der Waals surface area contributed by atoms with E-state index in [0.29, 0.717) is 17.3 Å². The maximum atomic E-state index is 12.6. The largest absolute Gasteiger partial charge is 0.451 e. The molecule has 1 aromatic carbocycles. The number of nitrogens with one attached hydrogen (secondary N) is 1. The quantitative estimate of drug-likeness (QED) is 0.549. The number of aromatic nitrogens is 2. The number of alkyl halides is 3. The third-order valence-corrected chi connectivity index (χ3v) is 4.95. The predicted octanol–water partition coefficient (Wildman–Crippen LogP) is 4.98. The molecule has 0 saturated carbocycles. The molecule has 0 aliphatic carbocycles. The number of anilines is 1. The summed E-state index contributed by atoms with van der Waals surface area (Å²) in [4.78, 5) is 31.7. The van der Waals surface area contributed by atoms with Crippen LogP contribution in [0.4, 0.5) is 19.0 Å². The first-order valence-corrected chi connectivity index (χ1v) is 9.61. The van der Waals surface area contributed by atoms with Crippen LogP contribution in [0, 0.1) is 6.92 Å². The second-order valence-corrected chi connectivity index (χ2v) is 7.35. The lowest BCUT2D eigenvalue weighted by atomic mass is 10.2. The van der Waals surface area contributed by atoms with E-state index < -0.39 is 35.2 Å². The number of pyridine rings is 1. The van der Waals surface area contributed by atoms with E-state index in [-0.39, 0.29) is 11.5 Å². The van der Waals surface area contributed by atoms with Crippen molar-refractivity contribution in [2.24, 2.45) is 0 Å². The SMILES string of the molecule is Cc1ccc(-c2nc(C(=O)OCC(=O)Nc3ncc(C(F)(F)F)cc3Cl)cs2)cc1. The number of ether oxygens (including phenoxy) is 1. The fourth-order valence-corrected chi connectivity index (χ4v) is 3.26. The van der Waals surface area contributed by atoms with Gasteiger partial charge in [0.05, 0.1) is 10.6 Å². The number of hydrogen-bond acceptors (Lipinski definition) is 6. The van der Waals surface area contributed by atoms with Crippen molar-refractivity contribution in [1.29, 1.82) is 0 Å². The molecule has 2 heterocycles. The molecule has 2 aromatic heterocycles. The zero-order valence-corrected chi connectivity index (χ0v) is 16.9. The number of amides is 1. The number of esters is 1. The first-order valence-electron chi connectivity index (χ1n) is 8.36. The molecule has 0 aliphatic rings. The van der Waals surface area contributed by atoms with Gasteiger partial charge in [-0.3, -0.25) is 4.79 Å². The monoisotopic (exact) mass is 455 g/mol. The van der Waals surface area contributed by atoms with E-state index in [1.165, 1.54) is 16.7 Å². The van der Waals surface area contributed by atoms with E-state index in [2.05, 4.69) is 15.3 Å². The van der Waals surface area contributed by atoms with E-state index in [1.54, 1.807) is 0 Å². The Kier molecular flexibility index (Phi) is 6.37. The highest BCUT2D eigenvalue weighted by Gasteiger charge is 2.31. The van der Waals surface area contributed by atoms with Crippen molar-refractivity contribution in [1.82, 2.24) is 9.97 Å². The first kappa shape index (κ1) is 21.7. The highest BCUT2D eigenvalue weighted by Crippen LogP contribution is 2.32. The van der Waals surface area contributed by atoms with Crippen LogP contribution in [-0.4, -0.2) is 28.5 Å². The van der Waals surface area contributed by atoms with Gasteiger partial charge in [-0.2, -0.15) is 13.2 Å². The second kappa shape index (κ2) is 8.80. The molecule has 0 saturated heterocycles. The molecular formula is C19H13ClF3N3O3S. The molecule has 3 aromatic rings. The predicted molar refractivity (Wildman–Crippen MR) is 105 cm³/mol. The average Bonchev–Trinajstić information content (AvgIpc) is 3.18. The number of hydrogen-bond donors (Lipinski definition) is 1. The number of thiazole rings is 1. The van der Waals surface area contributed by atoms with Crippen molar-refractivity contribution in [2.75, 3.05) is 11.9 Å². The third kappa shape index (κ3) is 5.33. The minimum atomic E-state index is -4.61. The lowest BCUT2D eigenvalue weighted by molar-refractivity contribution is -0.137. The van der Waals surface area contributed by atoms with Gasteiger partial charge in [-0.25, -0.2) is 14.8 Å². The molecule has 156 valence electrons. The molecular weight excluding hydrogens is 443 g/mol. The van der Waals surface area contributed by atoms with Crippen LogP contribution in [0.1, 0.15) is 21.6 Å². The van der Waals surface area contributed by atoms with Gasteiger partial charge in [0.15, 0.2) is 18.1 Å². The summed E-state index contributed by atoms with van der Waals surface area (Å²) in [5, 5.41) is 3.91. The van der Waals surface area contributed by atoms with Gasteiger partial charge in [-0.05, 0) is 13.0 Å². The molecule has 0 fully saturated rings. The van der Waals surface area contributed by atoms with E-state index >= 15 is 0 Å². The Hall–Kier alpha value is -2.98. The minimum absolute atomic E-state index is 0.0362. The minimum Gasteiger partial charge on any atom is -0.451 e. The Morgan fingerprint density at radius 2 is 1.93 bits per heavy atom. The maximum Gasteiger partial charge on any atom is 0.417 e. The van der Waals surface area contributed by atoms with Crippen LogP contribution in [0.15, 0.2) is 41.9 Å². The number of carbonyl (C=O) groups is 2. The topological polar surface area (TPSA) is 81.2 Å². The van der Waals surface area contributed by atoms with Crippen LogP contribution in [0.3, 0.4) is 0 Å². The van der Waals surface area contributed by atoms with Crippen LogP contribution in [-0.2, 0) is 15.7 Å². The molecule has 30 heavy (non-hydrogen) atoms. The number of nitrogens with zero attached hydrogens (tertiary/aromatic N) is 2. The Bertz CT molecular complexity index is 1080. The summed E-state index contributed by atoms with van der Waals surface area (Å²) in [7, 11) is 0. The van der Waals surface area contributed by atoms with Crippen molar-refractivity contribution in [2.45, 2.75) is 13.1 Å². The molecule has 0 spiro atoms. The zero-order chi connectivity index (χ0) is 21.9. The first-order chi connectivity index (χ1) is 14.1. The van der Waals surface area contributed by atoms with E-state index in [0.717, 1.165) is 11.1 Å². The van der Waals surface area contributed by atoms with E-state index in [9.17, 15) is 22.8 Å². The summed E-state index contributed by atoms with van der Waals surface area (Å²) in [6.07, 6.45) is -4.07. The van der Waals surface area contributed by atoms with Gasteiger partial charge in [0.25, 0.3) is 5.91 Å². The van der Waals surface area contributed by atoms with E-state index in [4.69, 9.17) is 16.3 Å². The lowest BCUT2D eigenvalue weighted by Gasteiger charge is -2.10. The van der Waals surface area contributed by atoms with Crippen molar-refractivity contribution in [3.05, 3.63) is 63.8 Å². The average molecular weight is 456 g/mol. The van der Waals surface area contributed by atoms with Crippen molar-refractivity contribution >= 4 is 40.6 Å². The van der Waals surface area contributed by atoms with Gasteiger partial charge in [0, 0.05) is 17.1 Å². The zero-order valence-electron chi connectivity index (χ0n) is 15.3. The van der Waals surface area contributed by atoms with Crippen LogP contribution < -0.4 is 5.32 Å².